The lowest BCUT2D eigenvalue weighted by Crippen LogP contribution is -2.54. The Morgan fingerprint density at radius 1 is 1.29 bits per heavy atom. The van der Waals surface area contributed by atoms with E-state index in [1.807, 2.05) is 31.2 Å². The number of amides is 1. The van der Waals surface area contributed by atoms with Crippen molar-refractivity contribution in [1.29, 1.82) is 0 Å². The van der Waals surface area contributed by atoms with Crippen LogP contribution in [0.4, 0.5) is 5.69 Å². The second-order valence-corrected chi connectivity index (χ2v) is 5.75. The summed E-state index contributed by atoms with van der Waals surface area (Å²) in [6, 6.07) is 7.50. The van der Waals surface area contributed by atoms with E-state index in [-0.39, 0.29) is 18.9 Å². The maximum atomic E-state index is 12.8. The Kier molecular flexibility index (Phi) is 4.63. The monoisotopic (exact) mass is 290 g/mol. The highest BCUT2D eigenvalue weighted by Gasteiger charge is 2.40. The maximum absolute atomic E-state index is 12.8. The smallest absolute Gasteiger partial charge is 0.305 e. The number of carboxylic acids is 1. The molecule has 0 radical (unpaired) electrons. The van der Waals surface area contributed by atoms with Gasteiger partial charge in [0.2, 0.25) is 5.91 Å². The van der Waals surface area contributed by atoms with Gasteiger partial charge < -0.3 is 15.7 Å². The molecule has 0 aromatic heterocycles. The third kappa shape index (κ3) is 3.42. The first-order valence-electron chi connectivity index (χ1n) is 7.32. The Balaban J connectivity index is 2.29. The highest BCUT2D eigenvalue weighted by molar-refractivity contribution is 6.01. The molecule has 21 heavy (non-hydrogen) atoms. The third-order valence-corrected chi connectivity index (χ3v) is 4.12. The van der Waals surface area contributed by atoms with E-state index in [0.29, 0.717) is 12.8 Å². The van der Waals surface area contributed by atoms with Crippen LogP contribution in [0, 0.1) is 6.92 Å². The molecule has 0 bridgehead atoms. The number of hydrogen-bond acceptors (Lipinski definition) is 3. The number of carboxylic acid groups (broad SMARTS) is 1. The molecule has 0 aliphatic heterocycles. The van der Waals surface area contributed by atoms with Gasteiger partial charge in [-0.25, -0.2) is 0 Å². The normalized spacial score (nSPS) is 16.7. The van der Waals surface area contributed by atoms with E-state index in [4.69, 9.17) is 10.8 Å². The van der Waals surface area contributed by atoms with Crippen molar-refractivity contribution < 1.29 is 14.7 Å². The lowest BCUT2D eigenvalue weighted by molar-refractivity contribution is -0.136. The van der Waals surface area contributed by atoms with Gasteiger partial charge in [0, 0.05) is 12.2 Å². The quantitative estimate of drug-likeness (QED) is 0.869. The molecule has 1 aromatic rings. The number of rotatable bonds is 5. The zero-order valence-corrected chi connectivity index (χ0v) is 12.3. The largest absolute Gasteiger partial charge is 0.481 e. The van der Waals surface area contributed by atoms with Gasteiger partial charge in [-0.15, -0.1) is 0 Å². The average molecular weight is 290 g/mol. The fourth-order valence-electron chi connectivity index (χ4n) is 2.89. The third-order valence-electron chi connectivity index (χ3n) is 4.12. The van der Waals surface area contributed by atoms with Crippen LogP contribution in [-0.4, -0.2) is 29.1 Å². The number of aryl methyl sites for hydroxylation is 1. The lowest BCUT2D eigenvalue weighted by atomic mass is 9.96. The van der Waals surface area contributed by atoms with Crippen molar-refractivity contribution in [3.05, 3.63) is 29.8 Å². The van der Waals surface area contributed by atoms with Gasteiger partial charge >= 0.3 is 5.97 Å². The van der Waals surface area contributed by atoms with E-state index in [1.54, 1.807) is 4.90 Å². The van der Waals surface area contributed by atoms with Crippen molar-refractivity contribution >= 4 is 17.6 Å². The summed E-state index contributed by atoms with van der Waals surface area (Å²) in [5, 5.41) is 8.92. The van der Waals surface area contributed by atoms with Crippen LogP contribution in [0.15, 0.2) is 24.3 Å². The van der Waals surface area contributed by atoms with Gasteiger partial charge in [-0.3, -0.25) is 9.59 Å². The van der Waals surface area contributed by atoms with Gasteiger partial charge in [-0.05, 0) is 31.4 Å². The first kappa shape index (κ1) is 15.5. The van der Waals surface area contributed by atoms with E-state index in [2.05, 4.69) is 0 Å². The molecule has 3 N–H and O–H groups in total. The average Bonchev–Trinajstić information content (AvgIpc) is 2.88. The predicted octanol–water partition coefficient (Wildman–Crippen LogP) is 2.07. The second kappa shape index (κ2) is 6.26. The van der Waals surface area contributed by atoms with Crippen LogP contribution < -0.4 is 10.6 Å². The first-order chi connectivity index (χ1) is 9.94. The molecule has 0 saturated heterocycles. The van der Waals surface area contributed by atoms with Crippen molar-refractivity contribution in [2.75, 3.05) is 11.4 Å². The first-order valence-corrected chi connectivity index (χ1v) is 7.32. The SMILES string of the molecule is Cc1ccccc1N(CCC(=O)O)C(=O)C1(N)CCCC1. The number of anilines is 1. The molecule has 1 aromatic carbocycles. The van der Waals surface area contributed by atoms with Crippen molar-refractivity contribution in [2.24, 2.45) is 5.73 Å². The highest BCUT2D eigenvalue weighted by Crippen LogP contribution is 2.31. The number of aliphatic carboxylic acids is 1. The number of nitrogens with zero attached hydrogens (tertiary/aromatic N) is 1. The number of benzene rings is 1. The van der Waals surface area contributed by atoms with Crippen LogP contribution in [0.2, 0.25) is 0 Å². The molecular weight excluding hydrogens is 268 g/mol. The molecule has 1 saturated carbocycles. The Bertz CT molecular complexity index is 536. The Labute approximate surface area is 124 Å². The molecule has 0 spiro atoms. The molecule has 2 rings (SSSR count). The second-order valence-electron chi connectivity index (χ2n) is 5.75. The summed E-state index contributed by atoms with van der Waals surface area (Å²) in [5.74, 6) is -1.07. The molecule has 0 heterocycles. The van der Waals surface area contributed by atoms with Crippen molar-refractivity contribution in [3.63, 3.8) is 0 Å². The van der Waals surface area contributed by atoms with Crippen LogP contribution >= 0.6 is 0 Å². The van der Waals surface area contributed by atoms with Crippen molar-refractivity contribution in [1.82, 2.24) is 0 Å². The van der Waals surface area contributed by atoms with Crippen LogP contribution in [-0.2, 0) is 9.59 Å². The molecule has 0 atom stereocenters. The minimum Gasteiger partial charge on any atom is -0.481 e. The summed E-state index contributed by atoms with van der Waals surface area (Å²) in [4.78, 5) is 25.3. The molecule has 5 heteroatoms. The summed E-state index contributed by atoms with van der Waals surface area (Å²) in [7, 11) is 0. The van der Waals surface area contributed by atoms with E-state index in [0.717, 1.165) is 24.1 Å². The summed E-state index contributed by atoms with van der Waals surface area (Å²) in [5.41, 5.74) is 7.11. The summed E-state index contributed by atoms with van der Waals surface area (Å²) < 4.78 is 0. The van der Waals surface area contributed by atoms with Gasteiger partial charge in [0.05, 0.1) is 12.0 Å². The van der Waals surface area contributed by atoms with Crippen LogP contribution in [0.25, 0.3) is 0 Å². The number of carbonyl (C=O) groups excluding carboxylic acids is 1. The zero-order valence-electron chi connectivity index (χ0n) is 12.3. The standard InChI is InChI=1S/C16H22N2O3/c1-12-6-2-3-7-13(12)18(11-8-14(19)20)15(21)16(17)9-4-5-10-16/h2-3,6-7H,4-5,8-11,17H2,1H3,(H,19,20). The lowest BCUT2D eigenvalue weighted by Gasteiger charge is -2.32. The van der Waals surface area contributed by atoms with Crippen LogP contribution in [0.3, 0.4) is 0 Å². The minimum atomic E-state index is -0.918. The fourth-order valence-corrected chi connectivity index (χ4v) is 2.89. The molecule has 1 fully saturated rings. The number of nitrogens with two attached hydrogens (primary N) is 1. The van der Waals surface area contributed by atoms with E-state index >= 15 is 0 Å². The van der Waals surface area contributed by atoms with E-state index < -0.39 is 11.5 Å². The molecule has 1 aliphatic rings. The molecule has 5 nitrogen and oxygen atoms in total. The van der Waals surface area contributed by atoms with Gasteiger partial charge in [-0.2, -0.15) is 0 Å². The maximum Gasteiger partial charge on any atom is 0.305 e. The number of hydrogen-bond donors (Lipinski definition) is 2. The number of para-hydroxylation sites is 1. The Hall–Kier alpha value is -1.88. The van der Waals surface area contributed by atoms with Gasteiger partial charge in [0.1, 0.15) is 0 Å². The molecule has 1 amide bonds. The van der Waals surface area contributed by atoms with E-state index in [9.17, 15) is 9.59 Å². The fraction of sp³-hybridized carbons (Fsp3) is 0.500. The highest BCUT2D eigenvalue weighted by atomic mass is 16.4. The molecule has 0 unspecified atom stereocenters. The Morgan fingerprint density at radius 2 is 1.90 bits per heavy atom. The zero-order chi connectivity index (χ0) is 15.5. The summed E-state index contributed by atoms with van der Waals surface area (Å²) >= 11 is 0. The summed E-state index contributed by atoms with van der Waals surface area (Å²) in [6.45, 7) is 2.06. The van der Waals surface area contributed by atoms with Gasteiger partial charge in [-0.1, -0.05) is 31.0 Å². The molecular formula is C16H22N2O3. The van der Waals surface area contributed by atoms with Crippen molar-refractivity contribution in [3.8, 4) is 0 Å². The van der Waals surface area contributed by atoms with Gasteiger partial charge in [0.15, 0.2) is 0 Å². The molecule has 114 valence electrons. The predicted molar refractivity (Wildman–Crippen MR) is 81.2 cm³/mol. The van der Waals surface area contributed by atoms with Crippen LogP contribution in [0.5, 0.6) is 0 Å². The summed E-state index contributed by atoms with van der Waals surface area (Å²) in [6.07, 6.45) is 3.14. The molecule has 1 aliphatic carbocycles. The van der Waals surface area contributed by atoms with E-state index in [1.165, 1.54) is 0 Å². The minimum absolute atomic E-state index is 0.0871. The topological polar surface area (TPSA) is 83.6 Å². The van der Waals surface area contributed by atoms with Gasteiger partial charge in [0.25, 0.3) is 0 Å². The van der Waals surface area contributed by atoms with Crippen molar-refractivity contribution in [2.45, 2.75) is 44.6 Å². The van der Waals surface area contributed by atoms with Crippen LogP contribution in [0.1, 0.15) is 37.7 Å². The Morgan fingerprint density at radius 3 is 2.48 bits per heavy atom. The number of carbonyl (C=O) groups is 2.